The summed E-state index contributed by atoms with van der Waals surface area (Å²) in [6, 6.07) is 14.1. The van der Waals surface area contributed by atoms with Crippen molar-refractivity contribution in [1.82, 2.24) is 9.88 Å². The summed E-state index contributed by atoms with van der Waals surface area (Å²) in [5.74, 6) is 0.926. The first-order valence-corrected chi connectivity index (χ1v) is 5.86. The van der Waals surface area contributed by atoms with Crippen LogP contribution in [0.1, 0.15) is 5.69 Å². The highest BCUT2D eigenvalue weighted by atomic mass is 16.5. The molecule has 0 fully saturated rings. The lowest BCUT2D eigenvalue weighted by molar-refractivity contribution is 0.296. The summed E-state index contributed by atoms with van der Waals surface area (Å²) in [5, 5.41) is 3.16. The van der Waals surface area contributed by atoms with E-state index in [-0.39, 0.29) is 0 Å². The smallest absolute Gasteiger partial charge is 0.119 e. The fourth-order valence-electron chi connectivity index (χ4n) is 1.79. The fourth-order valence-corrected chi connectivity index (χ4v) is 1.79. The van der Waals surface area contributed by atoms with Crippen LogP contribution in [-0.2, 0) is 13.1 Å². The van der Waals surface area contributed by atoms with Crippen LogP contribution < -0.4 is 10.1 Å². The third kappa shape index (κ3) is 3.36. The maximum absolute atomic E-state index is 5.67. The molecule has 1 N–H and O–H groups in total. The van der Waals surface area contributed by atoms with E-state index in [1.807, 2.05) is 37.4 Å². The number of ether oxygens (including phenoxy) is 1. The van der Waals surface area contributed by atoms with E-state index in [9.17, 15) is 0 Å². The van der Waals surface area contributed by atoms with Gasteiger partial charge in [-0.2, -0.15) is 0 Å². The molecule has 1 aromatic heterocycles. The van der Waals surface area contributed by atoms with Crippen LogP contribution in [0, 0.1) is 0 Å². The number of hydrogen-bond acceptors (Lipinski definition) is 2. The van der Waals surface area contributed by atoms with E-state index in [1.165, 1.54) is 5.69 Å². The lowest BCUT2D eigenvalue weighted by Gasteiger charge is -2.10. The van der Waals surface area contributed by atoms with Crippen LogP contribution in [0.15, 0.2) is 48.7 Å². The standard InChI is InChI=1S/C14H18N2O/c1-15-12-13-6-5-9-16(13)10-11-17-14-7-3-2-4-8-14/h2-9,15H,10-12H2,1H3. The van der Waals surface area contributed by atoms with Crippen LogP contribution in [0.5, 0.6) is 5.75 Å². The average Bonchev–Trinajstić information content (AvgIpc) is 2.79. The first-order valence-electron chi connectivity index (χ1n) is 5.86. The molecule has 0 aliphatic rings. The van der Waals surface area contributed by atoms with Crippen molar-refractivity contribution in [3.05, 3.63) is 54.4 Å². The topological polar surface area (TPSA) is 26.2 Å². The lowest BCUT2D eigenvalue weighted by atomic mass is 10.3. The van der Waals surface area contributed by atoms with Crippen LogP contribution in [-0.4, -0.2) is 18.2 Å². The van der Waals surface area contributed by atoms with Crippen molar-refractivity contribution in [1.29, 1.82) is 0 Å². The van der Waals surface area contributed by atoms with Gasteiger partial charge in [0, 0.05) is 18.4 Å². The normalized spacial score (nSPS) is 10.4. The van der Waals surface area contributed by atoms with E-state index >= 15 is 0 Å². The van der Waals surface area contributed by atoms with Crippen LogP contribution in [0.4, 0.5) is 0 Å². The maximum Gasteiger partial charge on any atom is 0.119 e. The highest BCUT2D eigenvalue weighted by Crippen LogP contribution is 2.09. The number of para-hydroxylation sites is 1. The van der Waals surface area contributed by atoms with Gasteiger partial charge in [-0.3, -0.25) is 0 Å². The molecule has 0 bridgehead atoms. The summed E-state index contributed by atoms with van der Waals surface area (Å²) in [6.07, 6.45) is 2.08. The molecule has 2 rings (SSSR count). The molecule has 2 aromatic rings. The molecule has 0 radical (unpaired) electrons. The van der Waals surface area contributed by atoms with Gasteiger partial charge in [-0.1, -0.05) is 18.2 Å². The van der Waals surface area contributed by atoms with Gasteiger partial charge in [0.1, 0.15) is 12.4 Å². The Hall–Kier alpha value is -1.74. The van der Waals surface area contributed by atoms with Gasteiger partial charge in [0.2, 0.25) is 0 Å². The predicted octanol–water partition coefficient (Wildman–Crippen LogP) is 2.29. The van der Waals surface area contributed by atoms with Gasteiger partial charge in [0.25, 0.3) is 0 Å². The molecular weight excluding hydrogens is 212 g/mol. The molecular formula is C14H18N2O. The van der Waals surface area contributed by atoms with Gasteiger partial charge in [0.05, 0.1) is 6.54 Å². The van der Waals surface area contributed by atoms with E-state index < -0.39 is 0 Å². The minimum absolute atomic E-state index is 0.690. The Balaban J connectivity index is 1.84. The Morgan fingerprint density at radius 2 is 1.94 bits per heavy atom. The predicted molar refractivity (Wildman–Crippen MR) is 69.1 cm³/mol. The monoisotopic (exact) mass is 230 g/mol. The minimum atomic E-state index is 0.690. The zero-order valence-electron chi connectivity index (χ0n) is 10.1. The van der Waals surface area contributed by atoms with Crippen molar-refractivity contribution in [2.75, 3.05) is 13.7 Å². The molecule has 0 aliphatic carbocycles. The van der Waals surface area contributed by atoms with Crippen molar-refractivity contribution < 1.29 is 4.74 Å². The first kappa shape index (κ1) is 11.7. The number of hydrogen-bond donors (Lipinski definition) is 1. The van der Waals surface area contributed by atoms with Gasteiger partial charge >= 0.3 is 0 Å². The van der Waals surface area contributed by atoms with E-state index in [1.54, 1.807) is 0 Å². The van der Waals surface area contributed by atoms with E-state index in [4.69, 9.17) is 4.74 Å². The van der Waals surface area contributed by atoms with E-state index in [2.05, 4.69) is 28.2 Å². The number of aromatic nitrogens is 1. The molecule has 1 aromatic carbocycles. The van der Waals surface area contributed by atoms with Gasteiger partial charge < -0.3 is 14.6 Å². The summed E-state index contributed by atoms with van der Waals surface area (Å²) in [7, 11) is 1.96. The number of benzene rings is 1. The summed E-state index contributed by atoms with van der Waals surface area (Å²) in [6.45, 7) is 2.45. The fraction of sp³-hybridized carbons (Fsp3) is 0.286. The highest BCUT2D eigenvalue weighted by molar-refractivity contribution is 5.20. The molecule has 0 atom stereocenters. The average molecular weight is 230 g/mol. The van der Waals surface area contributed by atoms with Gasteiger partial charge in [-0.05, 0) is 31.3 Å². The van der Waals surface area contributed by atoms with Crippen molar-refractivity contribution in [3.8, 4) is 5.75 Å². The molecule has 0 saturated carbocycles. The number of nitrogens with zero attached hydrogens (tertiary/aromatic N) is 1. The minimum Gasteiger partial charge on any atom is -0.492 e. The van der Waals surface area contributed by atoms with Crippen LogP contribution in [0.25, 0.3) is 0 Å². The molecule has 0 unspecified atom stereocenters. The molecule has 0 spiro atoms. The molecule has 90 valence electrons. The Kier molecular flexibility index (Phi) is 4.22. The highest BCUT2D eigenvalue weighted by Gasteiger charge is 1.99. The summed E-state index contributed by atoms with van der Waals surface area (Å²) >= 11 is 0. The summed E-state index contributed by atoms with van der Waals surface area (Å²) in [4.78, 5) is 0. The van der Waals surface area contributed by atoms with Crippen LogP contribution in [0.2, 0.25) is 0 Å². The largest absolute Gasteiger partial charge is 0.492 e. The third-order valence-electron chi connectivity index (χ3n) is 2.63. The van der Waals surface area contributed by atoms with Gasteiger partial charge in [-0.25, -0.2) is 0 Å². The summed E-state index contributed by atoms with van der Waals surface area (Å²) < 4.78 is 7.88. The molecule has 0 aliphatic heterocycles. The molecule has 3 heteroatoms. The SMILES string of the molecule is CNCc1cccn1CCOc1ccccc1. The van der Waals surface area contributed by atoms with Crippen LogP contribution >= 0.6 is 0 Å². The first-order chi connectivity index (χ1) is 8.40. The Bertz CT molecular complexity index is 436. The zero-order valence-corrected chi connectivity index (χ0v) is 10.1. The van der Waals surface area contributed by atoms with Crippen molar-refractivity contribution >= 4 is 0 Å². The molecule has 0 amide bonds. The second-order valence-electron chi connectivity index (χ2n) is 3.88. The number of nitrogens with one attached hydrogen (secondary N) is 1. The summed E-state index contributed by atoms with van der Waals surface area (Å²) in [5.41, 5.74) is 1.28. The van der Waals surface area contributed by atoms with Crippen LogP contribution in [0.3, 0.4) is 0 Å². The maximum atomic E-state index is 5.67. The molecule has 3 nitrogen and oxygen atoms in total. The zero-order chi connectivity index (χ0) is 11.9. The second kappa shape index (κ2) is 6.11. The Labute approximate surface area is 102 Å². The van der Waals surface area contributed by atoms with Crippen molar-refractivity contribution in [2.24, 2.45) is 0 Å². The third-order valence-corrected chi connectivity index (χ3v) is 2.63. The molecule has 17 heavy (non-hydrogen) atoms. The second-order valence-corrected chi connectivity index (χ2v) is 3.88. The van der Waals surface area contributed by atoms with Gasteiger partial charge in [0.15, 0.2) is 0 Å². The van der Waals surface area contributed by atoms with Crippen molar-refractivity contribution in [3.63, 3.8) is 0 Å². The van der Waals surface area contributed by atoms with E-state index in [0.717, 1.165) is 18.8 Å². The van der Waals surface area contributed by atoms with E-state index in [0.29, 0.717) is 6.61 Å². The van der Waals surface area contributed by atoms with Gasteiger partial charge in [-0.15, -0.1) is 0 Å². The Morgan fingerprint density at radius 3 is 2.71 bits per heavy atom. The lowest BCUT2D eigenvalue weighted by Crippen LogP contribution is -2.14. The Morgan fingerprint density at radius 1 is 1.12 bits per heavy atom. The molecule has 0 saturated heterocycles. The van der Waals surface area contributed by atoms with Crippen molar-refractivity contribution in [2.45, 2.75) is 13.1 Å². The molecule has 1 heterocycles. The number of rotatable bonds is 6. The quantitative estimate of drug-likeness (QED) is 0.824.